The normalized spacial score (nSPS) is 17.9. The van der Waals surface area contributed by atoms with Gasteiger partial charge >= 0.3 is 6.09 Å². The van der Waals surface area contributed by atoms with Crippen LogP contribution in [0.4, 0.5) is 4.79 Å². The van der Waals surface area contributed by atoms with Crippen molar-refractivity contribution in [2.45, 2.75) is 58.0 Å². The fourth-order valence-electron chi connectivity index (χ4n) is 2.26. The van der Waals surface area contributed by atoms with Gasteiger partial charge < -0.3 is 10.1 Å². The fourth-order valence-corrected chi connectivity index (χ4v) is 2.26. The zero-order chi connectivity index (χ0) is 14.3. The van der Waals surface area contributed by atoms with Gasteiger partial charge in [-0.3, -0.25) is 10.2 Å². The Hall–Kier alpha value is -1.30. The van der Waals surface area contributed by atoms with Crippen LogP contribution < -0.4 is 16.2 Å². The number of nitrogens with one attached hydrogen (secondary N) is 3. The van der Waals surface area contributed by atoms with E-state index >= 15 is 0 Å². The summed E-state index contributed by atoms with van der Waals surface area (Å²) in [6.45, 7) is 3.86. The van der Waals surface area contributed by atoms with Gasteiger partial charge in [0.25, 0.3) is 0 Å². The first-order valence-electron chi connectivity index (χ1n) is 6.94. The van der Waals surface area contributed by atoms with Gasteiger partial charge in [0.05, 0.1) is 7.11 Å². The summed E-state index contributed by atoms with van der Waals surface area (Å²) in [5, 5.41) is 3.05. The van der Waals surface area contributed by atoms with Gasteiger partial charge in [0.2, 0.25) is 5.91 Å². The SMILES string of the molecule is COC(=O)NNC(C(=O)NC1CCCCC1)C(C)C. The molecule has 0 aromatic heterocycles. The molecule has 1 fully saturated rings. The van der Waals surface area contributed by atoms with E-state index in [4.69, 9.17) is 0 Å². The van der Waals surface area contributed by atoms with Gasteiger partial charge in [0, 0.05) is 6.04 Å². The maximum absolute atomic E-state index is 12.2. The molecule has 110 valence electrons. The van der Waals surface area contributed by atoms with Crippen molar-refractivity contribution in [2.24, 2.45) is 5.92 Å². The van der Waals surface area contributed by atoms with Gasteiger partial charge in [0.15, 0.2) is 0 Å². The maximum atomic E-state index is 12.2. The maximum Gasteiger partial charge on any atom is 0.421 e. The molecule has 0 aromatic rings. The number of carbonyl (C=O) groups is 2. The van der Waals surface area contributed by atoms with E-state index in [9.17, 15) is 9.59 Å². The zero-order valence-corrected chi connectivity index (χ0v) is 12.0. The number of hydrogen-bond acceptors (Lipinski definition) is 4. The van der Waals surface area contributed by atoms with Gasteiger partial charge in [-0.2, -0.15) is 0 Å². The van der Waals surface area contributed by atoms with Crippen molar-refractivity contribution in [3.8, 4) is 0 Å². The van der Waals surface area contributed by atoms with Gasteiger partial charge in [-0.05, 0) is 18.8 Å². The van der Waals surface area contributed by atoms with Crippen molar-refractivity contribution in [3.05, 3.63) is 0 Å². The molecule has 1 atom stereocenters. The van der Waals surface area contributed by atoms with Crippen LogP contribution in [-0.4, -0.2) is 31.2 Å². The Morgan fingerprint density at radius 2 is 1.79 bits per heavy atom. The average Bonchev–Trinajstić information content (AvgIpc) is 2.39. The molecule has 0 spiro atoms. The average molecular weight is 271 g/mol. The van der Waals surface area contributed by atoms with Crippen LogP contribution in [0.15, 0.2) is 0 Å². The number of methoxy groups -OCH3 is 1. The molecule has 6 nitrogen and oxygen atoms in total. The second-order valence-electron chi connectivity index (χ2n) is 5.33. The Labute approximate surface area is 114 Å². The Bertz CT molecular complexity index is 302. The Kier molecular flexibility index (Phi) is 6.62. The molecule has 1 unspecified atom stereocenters. The molecule has 1 aliphatic rings. The Morgan fingerprint density at radius 3 is 2.32 bits per heavy atom. The summed E-state index contributed by atoms with van der Waals surface area (Å²) in [4.78, 5) is 23.2. The molecule has 0 aliphatic heterocycles. The predicted octanol–water partition coefficient (Wildman–Crippen LogP) is 1.32. The highest BCUT2D eigenvalue weighted by Crippen LogP contribution is 2.17. The highest BCUT2D eigenvalue weighted by Gasteiger charge is 2.25. The minimum Gasteiger partial charge on any atom is -0.452 e. The molecule has 2 amide bonds. The third-order valence-electron chi connectivity index (χ3n) is 3.42. The van der Waals surface area contributed by atoms with Crippen LogP contribution in [0, 0.1) is 5.92 Å². The first-order valence-corrected chi connectivity index (χ1v) is 6.94. The van der Waals surface area contributed by atoms with E-state index in [-0.39, 0.29) is 17.9 Å². The molecule has 0 saturated heterocycles. The lowest BCUT2D eigenvalue weighted by molar-refractivity contribution is -0.125. The molecular weight excluding hydrogens is 246 g/mol. The number of ether oxygens (including phenoxy) is 1. The summed E-state index contributed by atoms with van der Waals surface area (Å²) in [6, 6.07) is -0.191. The molecule has 3 N–H and O–H groups in total. The molecule has 0 aromatic carbocycles. The van der Waals surface area contributed by atoms with Gasteiger partial charge in [-0.25, -0.2) is 10.2 Å². The second kappa shape index (κ2) is 7.99. The lowest BCUT2D eigenvalue weighted by Crippen LogP contribution is -2.55. The lowest BCUT2D eigenvalue weighted by Gasteiger charge is -2.27. The highest BCUT2D eigenvalue weighted by atomic mass is 16.5. The predicted molar refractivity (Wildman–Crippen MR) is 72.3 cm³/mol. The summed E-state index contributed by atoms with van der Waals surface area (Å²) < 4.78 is 4.47. The monoisotopic (exact) mass is 271 g/mol. The van der Waals surface area contributed by atoms with E-state index in [1.165, 1.54) is 26.4 Å². The van der Waals surface area contributed by atoms with Crippen LogP contribution in [0.1, 0.15) is 46.0 Å². The van der Waals surface area contributed by atoms with Crippen LogP contribution >= 0.6 is 0 Å². The summed E-state index contributed by atoms with van der Waals surface area (Å²) >= 11 is 0. The number of hydrazine groups is 1. The molecule has 1 aliphatic carbocycles. The minimum atomic E-state index is -0.601. The first-order chi connectivity index (χ1) is 9.04. The minimum absolute atomic E-state index is 0.0701. The standard InChI is InChI=1S/C13H25N3O3/c1-9(2)11(15-16-13(18)19-3)12(17)14-10-7-5-4-6-8-10/h9-11,15H,4-8H2,1-3H3,(H,14,17)(H,16,18). The van der Waals surface area contributed by atoms with Crippen molar-refractivity contribution >= 4 is 12.0 Å². The number of carbonyl (C=O) groups excluding carboxylic acids is 2. The Morgan fingerprint density at radius 1 is 1.16 bits per heavy atom. The van der Waals surface area contributed by atoms with Crippen molar-refractivity contribution in [1.82, 2.24) is 16.2 Å². The highest BCUT2D eigenvalue weighted by molar-refractivity contribution is 5.82. The van der Waals surface area contributed by atoms with E-state index < -0.39 is 12.1 Å². The van der Waals surface area contributed by atoms with Gasteiger partial charge in [0.1, 0.15) is 6.04 Å². The topological polar surface area (TPSA) is 79.5 Å². The van der Waals surface area contributed by atoms with Crippen LogP contribution in [-0.2, 0) is 9.53 Å². The van der Waals surface area contributed by atoms with Crippen LogP contribution in [0.2, 0.25) is 0 Å². The number of hydrogen-bond donors (Lipinski definition) is 3. The van der Waals surface area contributed by atoms with Crippen LogP contribution in [0.3, 0.4) is 0 Å². The smallest absolute Gasteiger partial charge is 0.421 e. The van der Waals surface area contributed by atoms with Crippen molar-refractivity contribution in [1.29, 1.82) is 0 Å². The quantitative estimate of drug-likeness (QED) is 0.659. The number of amides is 2. The third kappa shape index (κ3) is 5.46. The molecule has 1 rings (SSSR count). The van der Waals surface area contributed by atoms with E-state index in [1.54, 1.807) is 0 Å². The van der Waals surface area contributed by atoms with E-state index in [2.05, 4.69) is 20.9 Å². The van der Waals surface area contributed by atoms with Crippen molar-refractivity contribution in [2.75, 3.05) is 7.11 Å². The largest absolute Gasteiger partial charge is 0.452 e. The van der Waals surface area contributed by atoms with Gasteiger partial charge in [-0.1, -0.05) is 33.1 Å². The molecular formula is C13H25N3O3. The fraction of sp³-hybridized carbons (Fsp3) is 0.846. The molecule has 1 saturated carbocycles. The van der Waals surface area contributed by atoms with E-state index in [0.717, 1.165) is 12.8 Å². The Balaban J connectivity index is 2.45. The van der Waals surface area contributed by atoms with Gasteiger partial charge in [-0.15, -0.1) is 0 Å². The van der Waals surface area contributed by atoms with Crippen molar-refractivity contribution < 1.29 is 14.3 Å². The summed E-state index contributed by atoms with van der Waals surface area (Å²) in [5.74, 6) is -0.000880. The number of rotatable bonds is 5. The molecule has 0 radical (unpaired) electrons. The van der Waals surface area contributed by atoms with Crippen LogP contribution in [0.5, 0.6) is 0 Å². The second-order valence-corrected chi connectivity index (χ2v) is 5.33. The molecule has 19 heavy (non-hydrogen) atoms. The lowest BCUT2D eigenvalue weighted by atomic mass is 9.94. The van der Waals surface area contributed by atoms with Crippen LogP contribution in [0.25, 0.3) is 0 Å². The third-order valence-corrected chi connectivity index (χ3v) is 3.42. The molecule has 6 heteroatoms. The molecule has 0 bridgehead atoms. The first kappa shape index (κ1) is 15.8. The van der Waals surface area contributed by atoms with Crippen molar-refractivity contribution in [3.63, 3.8) is 0 Å². The summed E-state index contributed by atoms with van der Waals surface area (Å²) in [7, 11) is 1.28. The van der Waals surface area contributed by atoms with E-state index in [0.29, 0.717) is 0 Å². The molecule has 0 heterocycles. The summed E-state index contributed by atoms with van der Waals surface area (Å²) in [5.41, 5.74) is 5.08. The van der Waals surface area contributed by atoms with E-state index in [1.807, 2.05) is 13.8 Å². The zero-order valence-electron chi connectivity index (χ0n) is 12.0. The summed E-state index contributed by atoms with van der Waals surface area (Å²) in [6.07, 6.45) is 5.08.